The maximum atomic E-state index is 13.4. The number of nitrogens with zero attached hydrogens (tertiary/aromatic N) is 1. The summed E-state index contributed by atoms with van der Waals surface area (Å²) in [4.78, 5) is 3.88. The molecule has 19 heavy (non-hydrogen) atoms. The Morgan fingerprint density at radius 1 is 1.42 bits per heavy atom. The smallest absolute Gasteiger partial charge is 0.166 e. The lowest BCUT2D eigenvalue weighted by Crippen LogP contribution is -2.31. The van der Waals surface area contributed by atoms with E-state index in [-0.39, 0.29) is 16.9 Å². The van der Waals surface area contributed by atoms with Gasteiger partial charge < -0.3 is 15.8 Å². The monoisotopic (exact) mass is 287 g/mol. The maximum Gasteiger partial charge on any atom is 0.166 e. The van der Waals surface area contributed by atoms with E-state index in [1.807, 2.05) is 0 Å². The molecule has 1 fully saturated rings. The van der Waals surface area contributed by atoms with Crippen LogP contribution in [0.25, 0.3) is 0 Å². The number of nitrogens with one attached hydrogen (secondary N) is 1. The molecule has 2 rings (SSSR count). The minimum Gasteiger partial charge on any atom is -0.376 e. The molecule has 1 aromatic heterocycles. The average Bonchev–Trinajstić information content (AvgIpc) is 2.39. The van der Waals surface area contributed by atoms with Gasteiger partial charge in [-0.1, -0.05) is 11.6 Å². The van der Waals surface area contributed by atoms with Crippen LogP contribution < -0.4 is 11.1 Å². The Kier molecular flexibility index (Phi) is 5.36. The van der Waals surface area contributed by atoms with Gasteiger partial charge in [0, 0.05) is 18.8 Å². The predicted molar refractivity (Wildman–Crippen MR) is 73.9 cm³/mol. The van der Waals surface area contributed by atoms with Crippen LogP contribution in [0.15, 0.2) is 12.3 Å². The van der Waals surface area contributed by atoms with Crippen molar-refractivity contribution in [2.45, 2.75) is 37.8 Å². The van der Waals surface area contributed by atoms with Crippen molar-refractivity contribution in [2.75, 3.05) is 18.5 Å². The molecule has 3 N–H and O–H groups in total. The van der Waals surface area contributed by atoms with Gasteiger partial charge in [-0.3, -0.25) is 0 Å². The number of ether oxygens (including phenoxy) is 1. The number of anilines is 1. The highest BCUT2D eigenvalue weighted by Gasteiger charge is 2.18. The molecule has 1 heterocycles. The van der Waals surface area contributed by atoms with E-state index in [0.29, 0.717) is 19.2 Å². The molecule has 0 radical (unpaired) electrons. The SMILES string of the molecule is NC1CCC(OCCNc2ncc(Cl)cc2F)CC1. The van der Waals surface area contributed by atoms with Gasteiger partial charge in [-0.15, -0.1) is 0 Å². The first-order valence-corrected chi connectivity index (χ1v) is 6.95. The third kappa shape index (κ3) is 4.60. The molecule has 0 aromatic carbocycles. The minimum atomic E-state index is -0.448. The van der Waals surface area contributed by atoms with E-state index in [9.17, 15) is 4.39 Å². The molecule has 0 spiro atoms. The molecule has 0 amide bonds. The molecule has 1 aromatic rings. The fraction of sp³-hybridized carbons (Fsp3) is 0.615. The van der Waals surface area contributed by atoms with Crippen LogP contribution in [0.3, 0.4) is 0 Å². The summed E-state index contributed by atoms with van der Waals surface area (Å²) in [5.74, 6) is -0.241. The Morgan fingerprint density at radius 2 is 2.16 bits per heavy atom. The molecule has 0 saturated heterocycles. The van der Waals surface area contributed by atoms with E-state index >= 15 is 0 Å². The standard InChI is InChI=1S/C13H19ClFN3O/c14-9-7-12(15)13(18-8-9)17-5-6-19-11-3-1-10(16)2-4-11/h7-8,10-11H,1-6,16H2,(H,17,18). The van der Waals surface area contributed by atoms with Crippen molar-refractivity contribution < 1.29 is 9.13 Å². The highest BCUT2D eigenvalue weighted by Crippen LogP contribution is 2.20. The molecule has 0 bridgehead atoms. The fourth-order valence-corrected chi connectivity index (χ4v) is 2.34. The van der Waals surface area contributed by atoms with E-state index in [2.05, 4.69) is 10.3 Å². The zero-order valence-corrected chi connectivity index (χ0v) is 11.5. The van der Waals surface area contributed by atoms with Crippen LogP contribution in [-0.4, -0.2) is 30.3 Å². The number of hydrogen-bond acceptors (Lipinski definition) is 4. The fourth-order valence-electron chi connectivity index (χ4n) is 2.19. The van der Waals surface area contributed by atoms with Gasteiger partial charge >= 0.3 is 0 Å². The normalized spacial score (nSPS) is 23.3. The van der Waals surface area contributed by atoms with E-state index in [0.717, 1.165) is 25.7 Å². The Labute approximate surface area is 117 Å². The molecule has 6 heteroatoms. The van der Waals surface area contributed by atoms with E-state index in [1.165, 1.54) is 12.3 Å². The van der Waals surface area contributed by atoms with Crippen molar-refractivity contribution in [3.05, 3.63) is 23.1 Å². The lowest BCUT2D eigenvalue weighted by molar-refractivity contribution is 0.0312. The third-order valence-electron chi connectivity index (χ3n) is 3.27. The molecule has 1 aliphatic rings. The van der Waals surface area contributed by atoms with Crippen LogP contribution in [0.2, 0.25) is 5.02 Å². The summed E-state index contributed by atoms with van der Waals surface area (Å²) < 4.78 is 19.1. The van der Waals surface area contributed by atoms with Crippen LogP contribution in [-0.2, 0) is 4.74 Å². The van der Waals surface area contributed by atoms with Crippen molar-refractivity contribution in [1.82, 2.24) is 4.98 Å². The number of pyridine rings is 1. The predicted octanol–water partition coefficient (Wildman–Crippen LogP) is 2.57. The van der Waals surface area contributed by atoms with Crippen molar-refractivity contribution in [2.24, 2.45) is 5.73 Å². The Hall–Kier alpha value is -0.910. The number of aromatic nitrogens is 1. The van der Waals surface area contributed by atoms with Gasteiger partial charge in [-0.25, -0.2) is 9.37 Å². The van der Waals surface area contributed by atoms with Gasteiger partial charge in [0.2, 0.25) is 0 Å². The second-order valence-electron chi connectivity index (χ2n) is 4.82. The molecule has 0 atom stereocenters. The van der Waals surface area contributed by atoms with Gasteiger partial charge in [0.1, 0.15) is 0 Å². The largest absolute Gasteiger partial charge is 0.376 e. The molecular formula is C13H19ClFN3O. The molecular weight excluding hydrogens is 269 g/mol. The first-order chi connectivity index (χ1) is 9.15. The van der Waals surface area contributed by atoms with Crippen molar-refractivity contribution in [3.63, 3.8) is 0 Å². The van der Waals surface area contributed by atoms with E-state index in [4.69, 9.17) is 22.1 Å². The molecule has 4 nitrogen and oxygen atoms in total. The van der Waals surface area contributed by atoms with Crippen molar-refractivity contribution in [1.29, 1.82) is 0 Å². The summed E-state index contributed by atoms with van der Waals surface area (Å²) in [5, 5.41) is 3.18. The summed E-state index contributed by atoms with van der Waals surface area (Å²) in [5.41, 5.74) is 5.83. The van der Waals surface area contributed by atoms with Gasteiger partial charge in [-0.2, -0.15) is 0 Å². The van der Waals surface area contributed by atoms with Gasteiger partial charge in [-0.05, 0) is 31.7 Å². The maximum absolute atomic E-state index is 13.4. The Balaban J connectivity index is 1.66. The van der Waals surface area contributed by atoms with E-state index < -0.39 is 5.82 Å². The lowest BCUT2D eigenvalue weighted by Gasteiger charge is -2.26. The van der Waals surface area contributed by atoms with Crippen LogP contribution in [0.4, 0.5) is 10.2 Å². The number of halogens is 2. The molecule has 1 saturated carbocycles. The Bertz CT molecular complexity index is 411. The molecule has 0 unspecified atom stereocenters. The van der Waals surface area contributed by atoms with Crippen LogP contribution in [0, 0.1) is 5.82 Å². The summed E-state index contributed by atoms with van der Waals surface area (Å²) in [6, 6.07) is 1.56. The van der Waals surface area contributed by atoms with Gasteiger partial charge in [0.15, 0.2) is 11.6 Å². The van der Waals surface area contributed by atoms with Gasteiger partial charge in [0.05, 0.1) is 17.7 Å². The van der Waals surface area contributed by atoms with E-state index in [1.54, 1.807) is 0 Å². The number of hydrogen-bond donors (Lipinski definition) is 2. The van der Waals surface area contributed by atoms with Crippen LogP contribution >= 0.6 is 11.6 Å². The third-order valence-corrected chi connectivity index (χ3v) is 3.48. The minimum absolute atomic E-state index is 0.207. The Morgan fingerprint density at radius 3 is 2.84 bits per heavy atom. The zero-order valence-electron chi connectivity index (χ0n) is 10.7. The topological polar surface area (TPSA) is 60.2 Å². The first-order valence-electron chi connectivity index (χ1n) is 6.57. The molecule has 106 valence electrons. The number of rotatable bonds is 5. The second-order valence-corrected chi connectivity index (χ2v) is 5.25. The summed E-state index contributed by atoms with van der Waals surface area (Å²) in [7, 11) is 0. The average molecular weight is 288 g/mol. The van der Waals surface area contributed by atoms with Crippen molar-refractivity contribution in [3.8, 4) is 0 Å². The quantitative estimate of drug-likeness (QED) is 0.817. The summed E-state index contributed by atoms with van der Waals surface area (Å²) in [6.07, 6.45) is 5.75. The highest BCUT2D eigenvalue weighted by atomic mass is 35.5. The highest BCUT2D eigenvalue weighted by molar-refractivity contribution is 6.30. The van der Waals surface area contributed by atoms with Crippen LogP contribution in [0.1, 0.15) is 25.7 Å². The number of nitrogens with two attached hydrogens (primary N) is 1. The van der Waals surface area contributed by atoms with Crippen LogP contribution in [0.5, 0.6) is 0 Å². The second kappa shape index (κ2) is 7.03. The first kappa shape index (κ1) is 14.5. The van der Waals surface area contributed by atoms with Crippen molar-refractivity contribution >= 4 is 17.4 Å². The zero-order chi connectivity index (χ0) is 13.7. The summed E-state index contributed by atoms with van der Waals surface area (Å²) >= 11 is 5.63. The van der Waals surface area contributed by atoms with Gasteiger partial charge in [0.25, 0.3) is 0 Å². The molecule has 0 aliphatic heterocycles. The lowest BCUT2D eigenvalue weighted by atomic mass is 9.94. The summed E-state index contributed by atoms with van der Waals surface area (Å²) in [6.45, 7) is 1.05. The molecule has 1 aliphatic carbocycles.